The van der Waals surface area contributed by atoms with Crippen LogP contribution in [0.4, 0.5) is 0 Å². The van der Waals surface area contributed by atoms with Crippen molar-refractivity contribution in [3.63, 3.8) is 0 Å². The molecule has 1 amide bonds. The molecule has 0 saturated heterocycles. The molecule has 0 spiro atoms. The van der Waals surface area contributed by atoms with Gasteiger partial charge in [-0.3, -0.25) is 4.79 Å². The molecule has 4 rings (SSSR count). The lowest BCUT2D eigenvalue weighted by Crippen LogP contribution is -2.45. The molecule has 1 atom stereocenters. The van der Waals surface area contributed by atoms with E-state index >= 15 is 0 Å². The third kappa shape index (κ3) is 3.93. The van der Waals surface area contributed by atoms with E-state index in [1.165, 1.54) is 12.5 Å². The van der Waals surface area contributed by atoms with Crippen molar-refractivity contribution in [2.45, 2.75) is 37.1 Å². The maximum Gasteiger partial charge on any atom is 0.290 e. The second-order valence-corrected chi connectivity index (χ2v) is 9.68. The molecule has 1 aliphatic rings. The maximum atomic E-state index is 12.4. The minimum Gasteiger partial charge on any atom is -0.350 e. The van der Waals surface area contributed by atoms with E-state index in [-0.39, 0.29) is 23.8 Å². The second kappa shape index (κ2) is 7.43. The number of rotatable bonds is 6. The first-order valence-electron chi connectivity index (χ1n) is 9.25. The molecule has 1 fully saturated rings. The lowest BCUT2D eigenvalue weighted by molar-refractivity contribution is 0.0849. The van der Waals surface area contributed by atoms with Gasteiger partial charge in [-0.15, -0.1) is 5.10 Å². The van der Waals surface area contributed by atoms with Gasteiger partial charge in [0.2, 0.25) is 5.76 Å². The van der Waals surface area contributed by atoms with Gasteiger partial charge in [0, 0.05) is 23.9 Å². The summed E-state index contributed by atoms with van der Waals surface area (Å²) in [6, 6.07) is 11.0. The van der Waals surface area contributed by atoms with Crippen molar-refractivity contribution in [3.05, 3.63) is 54.0 Å². The van der Waals surface area contributed by atoms with E-state index in [0.717, 1.165) is 5.56 Å². The Morgan fingerprint density at radius 3 is 2.69 bits per heavy atom. The lowest BCUT2D eigenvalue weighted by atomic mass is 9.86. The van der Waals surface area contributed by atoms with Crippen LogP contribution in [0.15, 0.2) is 47.1 Å². The zero-order chi connectivity index (χ0) is 20.6. The average Bonchev–Trinajstić information content (AvgIpc) is 3.33. The molecule has 152 valence electrons. The number of carbonyl (C=O) groups excluding carboxylic acids is 1. The molecule has 1 aliphatic carbocycles. The van der Waals surface area contributed by atoms with Crippen LogP contribution >= 0.6 is 0 Å². The minimum atomic E-state index is -3.25. The molecule has 2 heterocycles. The Hall–Kier alpha value is -3.01. The number of sulfone groups is 1. The Labute approximate surface area is 168 Å². The molecule has 1 aromatic carbocycles. The van der Waals surface area contributed by atoms with Crippen molar-refractivity contribution < 1.29 is 17.7 Å². The molecule has 0 unspecified atom stereocenters. The molecule has 0 radical (unpaired) electrons. The van der Waals surface area contributed by atoms with Crippen molar-refractivity contribution in [2.24, 2.45) is 0 Å². The van der Waals surface area contributed by atoms with E-state index in [2.05, 4.69) is 20.8 Å². The second-order valence-electron chi connectivity index (χ2n) is 7.31. The Morgan fingerprint density at radius 1 is 1.28 bits per heavy atom. The van der Waals surface area contributed by atoms with Gasteiger partial charge in [0.1, 0.15) is 10.9 Å². The first kappa shape index (κ1) is 19.3. The highest BCUT2D eigenvalue weighted by atomic mass is 32.2. The van der Waals surface area contributed by atoms with E-state index in [0.29, 0.717) is 24.2 Å². The summed E-state index contributed by atoms with van der Waals surface area (Å²) in [5.74, 6) is -0.175. The fourth-order valence-electron chi connectivity index (χ4n) is 3.33. The number of hydrogen-bond donors (Lipinski definition) is 1. The van der Waals surface area contributed by atoms with Gasteiger partial charge in [-0.25, -0.2) is 13.1 Å². The molecule has 10 heteroatoms. The van der Waals surface area contributed by atoms with Crippen molar-refractivity contribution >= 4 is 15.7 Å². The summed E-state index contributed by atoms with van der Waals surface area (Å²) in [5, 5.41) is 14.1. The van der Waals surface area contributed by atoms with Crippen LogP contribution < -0.4 is 5.32 Å². The number of aromatic nitrogens is 4. The normalized spacial score (nSPS) is 20.1. The van der Waals surface area contributed by atoms with Gasteiger partial charge >= 0.3 is 0 Å². The van der Waals surface area contributed by atoms with Gasteiger partial charge in [0.25, 0.3) is 5.91 Å². The van der Waals surface area contributed by atoms with E-state index < -0.39 is 15.1 Å². The van der Waals surface area contributed by atoms with Crippen LogP contribution in [0.5, 0.6) is 0 Å². The summed E-state index contributed by atoms with van der Waals surface area (Å²) in [6.07, 6.45) is 3.95. The summed E-state index contributed by atoms with van der Waals surface area (Å²) in [5.41, 5.74) is 2.03. The average molecular weight is 415 g/mol. The van der Waals surface area contributed by atoms with Crippen LogP contribution in [0.1, 0.15) is 47.3 Å². The third-order valence-corrected chi connectivity index (χ3v) is 6.79. The molecular formula is C19H21N5O4S. The highest BCUT2D eigenvalue weighted by Gasteiger charge is 2.36. The van der Waals surface area contributed by atoms with Gasteiger partial charge < -0.3 is 9.84 Å². The molecule has 1 saturated carbocycles. The first-order valence-corrected chi connectivity index (χ1v) is 11.2. The molecule has 2 aromatic heterocycles. The molecule has 9 nitrogen and oxygen atoms in total. The Balaban J connectivity index is 1.37. The zero-order valence-electron chi connectivity index (χ0n) is 16.0. The summed E-state index contributed by atoms with van der Waals surface area (Å²) in [4.78, 5) is 12.4. The molecule has 0 aliphatic heterocycles. The smallest absolute Gasteiger partial charge is 0.290 e. The fraction of sp³-hybridized carbons (Fsp3) is 0.368. The number of carbonyl (C=O) groups is 1. The zero-order valence-corrected chi connectivity index (χ0v) is 16.8. The largest absolute Gasteiger partial charge is 0.350 e. The highest BCUT2D eigenvalue weighted by Crippen LogP contribution is 2.35. The third-order valence-electron chi connectivity index (χ3n) is 5.26. The Bertz CT molecular complexity index is 1120. The first-order chi connectivity index (χ1) is 13.8. The van der Waals surface area contributed by atoms with E-state index in [1.54, 1.807) is 17.7 Å². The fourth-order valence-corrected chi connectivity index (χ4v) is 3.94. The van der Waals surface area contributed by atoms with Crippen LogP contribution in [0, 0.1) is 0 Å². The maximum absolute atomic E-state index is 12.4. The standard InChI is InChI=1S/C19H21N5O4S/c1-12(29(2,26)27)17-11-20-23-24(17)15-8-14(9-15)21-19(25)18-10-16(22-28-18)13-6-4-3-5-7-13/h3-7,10-12,14-15H,8-9H2,1-2H3,(H,21,25)/t12-,14?,15?/m0/s1. The summed E-state index contributed by atoms with van der Waals surface area (Å²) in [6.45, 7) is 1.62. The van der Waals surface area contributed by atoms with Crippen LogP contribution in [0.25, 0.3) is 11.3 Å². The van der Waals surface area contributed by atoms with Gasteiger partial charge in [-0.1, -0.05) is 40.7 Å². The molecule has 1 N–H and O–H groups in total. The van der Waals surface area contributed by atoms with Crippen LogP contribution in [0.3, 0.4) is 0 Å². The number of benzene rings is 1. The van der Waals surface area contributed by atoms with E-state index in [1.807, 2.05) is 30.3 Å². The number of nitrogens with one attached hydrogen (secondary N) is 1. The SMILES string of the molecule is C[C@@H](c1cnnn1C1CC(NC(=O)c2cc(-c3ccccc3)no2)C1)S(C)(=O)=O. The van der Waals surface area contributed by atoms with Crippen LogP contribution in [0.2, 0.25) is 0 Å². The molecule has 29 heavy (non-hydrogen) atoms. The van der Waals surface area contributed by atoms with Crippen LogP contribution in [-0.4, -0.2) is 46.8 Å². The van der Waals surface area contributed by atoms with Crippen molar-refractivity contribution in [1.29, 1.82) is 0 Å². The van der Waals surface area contributed by atoms with Crippen molar-refractivity contribution in [3.8, 4) is 11.3 Å². The minimum absolute atomic E-state index is 0.00314. The topological polar surface area (TPSA) is 120 Å². The molecule has 0 bridgehead atoms. The quantitative estimate of drug-likeness (QED) is 0.655. The van der Waals surface area contributed by atoms with Gasteiger partial charge in [0.15, 0.2) is 9.84 Å². The van der Waals surface area contributed by atoms with Gasteiger partial charge in [-0.2, -0.15) is 0 Å². The highest BCUT2D eigenvalue weighted by molar-refractivity contribution is 7.90. The number of nitrogens with zero attached hydrogens (tertiary/aromatic N) is 4. The lowest BCUT2D eigenvalue weighted by Gasteiger charge is -2.36. The monoisotopic (exact) mass is 415 g/mol. The summed E-state index contributed by atoms with van der Waals surface area (Å²) < 4.78 is 30.5. The predicted octanol–water partition coefficient (Wildman–Crippen LogP) is 2.17. The van der Waals surface area contributed by atoms with Gasteiger partial charge in [0.05, 0.1) is 17.9 Å². The Morgan fingerprint density at radius 2 is 2.00 bits per heavy atom. The number of amides is 1. The van der Waals surface area contributed by atoms with E-state index in [4.69, 9.17) is 4.52 Å². The summed E-state index contributed by atoms with van der Waals surface area (Å²) >= 11 is 0. The van der Waals surface area contributed by atoms with Crippen molar-refractivity contribution in [1.82, 2.24) is 25.5 Å². The number of hydrogen-bond acceptors (Lipinski definition) is 7. The van der Waals surface area contributed by atoms with Gasteiger partial charge in [-0.05, 0) is 19.8 Å². The molecular weight excluding hydrogens is 394 g/mol. The Kier molecular flexibility index (Phi) is 4.95. The summed E-state index contributed by atoms with van der Waals surface area (Å²) in [7, 11) is -3.25. The van der Waals surface area contributed by atoms with E-state index in [9.17, 15) is 13.2 Å². The van der Waals surface area contributed by atoms with Crippen LogP contribution in [-0.2, 0) is 9.84 Å². The molecule has 3 aromatic rings. The predicted molar refractivity (Wildman–Crippen MR) is 105 cm³/mol. The van der Waals surface area contributed by atoms with Crippen molar-refractivity contribution in [2.75, 3.05) is 6.26 Å².